The Morgan fingerprint density at radius 3 is 2.71 bits per heavy atom. The van der Waals surface area contributed by atoms with E-state index in [0.717, 1.165) is 27.2 Å². The molecule has 0 unspecified atom stereocenters. The molecule has 1 heterocycles. The van der Waals surface area contributed by atoms with Gasteiger partial charge in [0.1, 0.15) is 0 Å². The normalized spacial score (nSPS) is 11.0. The number of amides is 2. The summed E-state index contributed by atoms with van der Waals surface area (Å²) in [6.45, 7) is 1.09. The van der Waals surface area contributed by atoms with Crippen molar-refractivity contribution in [3.63, 3.8) is 0 Å². The topological polar surface area (TPSA) is 85.2 Å². The van der Waals surface area contributed by atoms with E-state index in [4.69, 9.17) is 4.74 Å². The minimum Gasteiger partial charge on any atom is -0.383 e. The van der Waals surface area contributed by atoms with E-state index in [2.05, 4.69) is 15.7 Å². The number of rotatable bonds is 8. The molecule has 7 heteroatoms. The first-order valence-corrected chi connectivity index (χ1v) is 10.1. The molecule has 0 spiro atoms. The number of anilines is 1. The number of ether oxygens (including phenoxy) is 1. The highest BCUT2D eigenvalue weighted by Crippen LogP contribution is 2.20. The van der Waals surface area contributed by atoms with Crippen LogP contribution in [0.15, 0.2) is 66.9 Å². The maximum Gasteiger partial charge on any atom is 0.243 e. The number of carbonyl (C=O) groups is 2. The van der Waals surface area contributed by atoms with E-state index in [1.54, 1.807) is 13.3 Å². The third kappa shape index (κ3) is 4.90. The van der Waals surface area contributed by atoms with Gasteiger partial charge in [-0.05, 0) is 34.5 Å². The molecule has 2 amide bonds. The Morgan fingerprint density at radius 1 is 1.00 bits per heavy atom. The molecule has 0 saturated heterocycles. The molecule has 4 rings (SSSR count). The average molecular weight is 416 g/mol. The predicted octanol–water partition coefficient (Wildman–Crippen LogP) is 3.13. The van der Waals surface area contributed by atoms with Gasteiger partial charge in [0, 0.05) is 18.2 Å². The van der Waals surface area contributed by atoms with Crippen LogP contribution in [-0.4, -0.2) is 41.9 Å². The Balaban J connectivity index is 1.35. The summed E-state index contributed by atoms with van der Waals surface area (Å²) in [7, 11) is 1.64. The van der Waals surface area contributed by atoms with Crippen LogP contribution in [0.1, 0.15) is 5.56 Å². The van der Waals surface area contributed by atoms with Gasteiger partial charge in [-0.3, -0.25) is 14.3 Å². The monoisotopic (exact) mass is 416 g/mol. The third-order valence-corrected chi connectivity index (χ3v) is 5.11. The standard InChI is InChI=1S/C24H24N4O3/c1-31-12-11-28-22-14-20(10-9-19(22)15-26-28)27-24(30)16-25-23(29)13-18-7-4-6-17-5-2-3-8-21(17)18/h2-10,14-15H,11-13,16H2,1H3,(H,25,29)(H,27,30). The first kappa shape index (κ1) is 20.6. The number of hydrogen-bond donors (Lipinski definition) is 2. The lowest BCUT2D eigenvalue weighted by atomic mass is 10.0. The number of benzene rings is 3. The van der Waals surface area contributed by atoms with E-state index in [1.807, 2.05) is 65.3 Å². The van der Waals surface area contributed by atoms with E-state index < -0.39 is 0 Å². The first-order valence-electron chi connectivity index (χ1n) is 10.1. The van der Waals surface area contributed by atoms with Crippen LogP contribution >= 0.6 is 0 Å². The summed E-state index contributed by atoms with van der Waals surface area (Å²) in [6, 6.07) is 19.4. The molecule has 0 bridgehead atoms. The molecule has 0 atom stereocenters. The van der Waals surface area contributed by atoms with Gasteiger partial charge in [-0.1, -0.05) is 42.5 Å². The fourth-order valence-electron chi connectivity index (χ4n) is 3.57. The van der Waals surface area contributed by atoms with Crippen LogP contribution in [0.3, 0.4) is 0 Å². The summed E-state index contributed by atoms with van der Waals surface area (Å²) >= 11 is 0. The summed E-state index contributed by atoms with van der Waals surface area (Å²) in [6.07, 6.45) is 2.00. The molecular formula is C24H24N4O3. The molecular weight excluding hydrogens is 392 g/mol. The Labute approximate surface area is 180 Å². The van der Waals surface area contributed by atoms with Crippen LogP contribution in [-0.2, 0) is 27.3 Å². The second-order valence-electron chi connectivity index (χ2n) is 7.27. The number of aromatic nitrogens is 2. The molecule has 0 aliphatic rings. The molecule has 31 heavy (non-hydrogen) atoms. The molecule has 0 aliphatic carbocycles. The molecule has 0 fully saturated rings. The fourth-order valence-corrected chi connectivity index (χ4v) is 3.57. The molecule has 1 aromatic heterocycles. The van der Waals surface area contributed by atoms with Crippen LogP contribution in [0, 0.1) is 0 Å². The highest BCUT2D eigenvalue weighted by Gasteiger charge is 2.10. The highest BCUT2D eigenvalue weighted by molar-refractivity contribution is 5.97. The van der Waals surface area contributed by atoms with Gasteiger partial charge in [0.15, 0.2) is 0 Å². The Hall–Kier alpha value is -3.71. The van der Waals surface area contributed by atoms with Crippen molar-refractivity contribution in [2.24, 2.45) is 0 Å². The quantitative estimate of drug-likeness (QED) is 0.462. The molecule has 0 aliphatic heterocycles. The van der Waals surface area contributed by atoms with Crippen LogP contribution in [0.5, 0.6) is 0 Å². The second-order valence-corrected chi connectivity index (χ2v) is 7.27. The zero-order valence-electron chi connectivity index (χ0n) is 17.3. The van der Waals surface area contributed by atoms with Crippen molar-refractivity contribution in [3.8, 4) is 0 Å². The minimum atomic E-state index is -0.284. The largest absolute Gasteiger partial charge is 0.383 e. The Bertz CT molecular complexity index is 1230. The lowest BCUT2D eigenvalue weighted by Crippen LogP contribution is -2.33. The van der Waals surface area contributed by atoms with E-state index in [0.29, 0.717) is 18.8 Å². The van der Waals surface area contributed by atoms with Gasteiger partial charge >= 0.3 is 0 Å². The lowest BCUT2D eigenvalue weighted by molar-refractivity contribution is -0.123. The maximum atomic E-state index is 12.4. The van der Waals surface area contributed by atoms with Crippen molar-refractivity contribution in [2.45, 2.75) is 13.0 Å². The molecule has 2 N–H and O–H groups in total. The zero-order chi connectivity index (χ0) is 21.6. The van der Waals surface area contributed by atoms with Crippen LogP contribution in [0.25, 0.3) is 21.7 Å². The van der Waals surface area contributed by atoms with Gasteiger partial charge in [-0.15, -0.1) is 0 Å². The number of nitrogens with zero attached hydrogens (tertiary/aromatic N) is 2. The Morgan fingerprint density at radius 2 is 1.84 bits per heavy atom. The summed E-state index contributed by atoms with van der Waals surface area (Å²) in [5.74, 6) is -0.479. The summed E-state index contributed by atoms with van der Waals surface area (Å²) in [5, 5.41) is 13.0. The fraction of sp³-hybridized carbons (Fsp3) is 0.208. The van der Waals surface area contributed by atoms with Crippen molar-refractivity contribution < 1.29 is 14.3 Å². The molecule has 0 saturated carbocycles. The predicted molar refractivity (Wildman–Crippen MR) is 121 cm³/mol. The van der Waals surface area contributed by atoms with E-state index in [1.165, 1.54) is 0 Å². The average Bonchev–Trinajstić information content (AvgIpc) is 3.19. The van der Waals surface area contributed by atoms with Crippen molar-refractivity contribution >= 4 is 39.2 Å². The van der Waals surface area contributed by atoms with Crippen LogP contribution in [0.2, 0.25) is 0 Å². The molecule has 158 valence electrons. The number of methoxy groups -OCH3 is 1. The van der Waals surface area contributed by atoms with E-state index in [-0.39, 0.29) is 24.8 Å². The molecule has 0 radical (unpaired) electrons. The molecule has 4 aromatic rings. The summed E-state index contributed by atoms with van der Waals surface area (Å²) in [5.41, 5.74) is 2.50. The molecule has 3 aromatic carbocycles. The number of nitrogens with one attached hydrogen (secondary N) is 2. The third-order valence-electron chi connectivity index (χ3n) is 5.11. The Kier molecular flexibility index (Phi) is 6.24. The highest BCUT2D eigenvalue weighted by atomic mass is 16.5. The van der Waals surface area contributed by atoms with Crippen molar-refractivity contribution in [1.29, 1.82) is 0 Å². The summed E-state index contributed by atoms with van der Waals surface area (Å²) in [4.78, 5) is 24.7. The van der Waals surface area contributed by atoms with E-state index >= 15 is 0 Å². The van der Waals surface area contributed by atoms with Crippen molar-refractivity contribution in [1.82, 2.24) is 15.1 Å². The second kappa shape index (κ2) is 9.40. The first-order chi connectivity index (χ1) is 15.1. The van der Waals surface area contributed by atoms with Gasteiger partial charge in [-0.25, -0.2) is 0 Å². The van der Waals surface area contributed by atoms with Gasteiger partial charge in [0.2, 0.25) is 11.8 Å². The molecule has 7 nitrogen and oxygen atoms in total. The minimum absolute atomic E-state index is 0.0927. The van der Waals surface area contributed by atoms with Gasteiger partial charge < -0.3 is 15.4 Å². The van der Waals surface area contributed by atoms with Crippen LogP contribution in [0.4, 0.5) is 5.69 Å². The van der Waals surface area contributed by atoms with Crippen molar-refractivity contribution in [3.05, 3.63) is 72.4 Å². The zero-order valence-corrected chi connectivity index (χ0v) is 17.3. The number of fused-ring (bicyclic) bond motifs is 2. The SMILES string of the molecule is COCCn1ncc2ccc(NC(=O)CNC(=O)Cc3cccc4ccccc34)cc21. The number of hydrogen-bond acceptors (Lipinski definition) is 4. The van der Waals surface area contributed by atoms with Crippen molar-refractivity contribution in [2.75, 3.05) is 25.6 Å². The van der Waals surface area contributed by atoms with Gasteiger partial charge in [0.25, 0.3) is 0 Å². The number of carbonyl (C=O) groups excluding carboxylic acids is 2. The van der Waals surface area contributed by atoms with Gasteiger partial charge in [-0.2, -0.15) is 5.10 Å². The maximum absolute atomic E-state index is 12.4. The smallest absolute Gasteiger partial charge is 0.243 e. The lowest BCUT2D eigenvalue weighted by Gasteiger charge is -2.09. The van der Waals surface area contributed by atoms with E-state index in [9.17, 15) is 9.59 Å². The summed E-state index contributed by atoms with van der Waals surface area (Å²) < 4.78 is 6.94. The van der Waals surface area contributed by atoms with Gasteiger partial charge in [0.05, 0.1) is 37.8 Å². The van der Waals surface area contributed by atoms with Crippen LogP contribution < -0.4 is 10.6 Å².